The molecule has 0 heterocycles. The number of ether oxygens (including phenoxy) is 2. The lowest BCUT2D eigenvalue weighted by molar-refractivity contribution is -0.125. The molecule has 1 rings (SSSR count). The molecule has 6 nitrogen and oxygen atoms in total. The lowest BCUT2D eigenvalue weighted by Gasteiger charge is -2.27. The fraction of sp³-hybridized carbons (Fsp3) is 0.438. The van der Waals surface area contributed by atoms with Gasteiger partial charge in [0, 0.05) is 0 Å². The standard InChI is InChI=1S/C16H20N2O4/c1-11(2)16(3,10-17)18-14(19)9-22-15(20)12-6-5-7-13(8-12)21-4/h5-8,11H,9H2,1-4H3,(H,18,19)/t16-/m1/s1. The fourth-order valence-corrected chi connectivity index (χ4v) is 1.59. The SMILES string of the molecule is COc1cccc(C(=O)OCC(=O)N[C@](C)(C#N)C(C)C)c1. The second kappa shape index (κ2) is 7.46. The Bertz CT molecular complexity index is 592. The lowest BCUT2D eigenvalue weighted by Crippen LogP contribution is -2.50. The highest BCUT2D eigenvalue weighted by Crippen LogP contribution is 2.15. The summed E-state index contributed by atoms with van der Waals surface area (Å²) in [5.74, 6) is -0.697. The van der Waals surface area contributed by atoms with Crippen molar-refractivity contribution in [1.82, 2.24) is 5.32 Å². The number of esters is 1. The molecule has 0 aliphatic carbocycles. The van der Waals surface area contributed by atoms with Crippen molar-refractivity contribution in [3.05, 3.63) is 29.8 Å². The van der Waals surface area contributed by atoms with Crippen LogP contribution in [0.4, 0.5) is 0 Å². The number of rotatable bonds is 6. The maximum atomic E-state index is 11.9. The Hall–Kier alpha value is -2.55. The average molecular weight is 304 g/mol. The average Bonchev–Trinajstić information content (AvgIpc) is 2.52. The van der Waals surface area contributed by atoms with E-state index >= 15 is 0 Å². The zero-order valence-electron chi connectivity index (χ0n) is 13.2. The van der Waals surface area contributed by atoms with Gasteiger partial charge in [-0.1, -0.05) is 19.9 Å². The molecule has 1 aromatic carbocycles. The van der Waals surface area contributed by atoms with Crippen LogP contribution < -0.4 is 10.1 Å². The number of carbonyl (C=O) groups excluding carboxylic acids is 2. The van der Waals surface area contributed by atoms with Gasteiger partial charge in [-0.15, -0.1) is 0 Å². The van der Waals surface area contributed by atoms with Crippen LogP contribution >= 0.6 is 0 Å². The van der Waals surface area contributed by atoms with Crippen LogP contribution in [-0.2, 0) is 9.53 Å². The molecule has 0 saturated carbocycles. The van der Waals surface area contributed by atoms with E-state index in [9.17, 15) is 9.59 Å². The largest absolute Gasteiger partial charge is 0.497 e. The summed E-state index contributed by atoms with van der Waals surface area (Å²) in [5, 5.41) is 11.7. The molecule has 1 aromatic rings. The molecular weight excluding hydrogens is 284 g/mol. The van der Waals surface area contributed by atoms with Gasteiger partial charge in [-0.25, -0.2) is 4.79 Å². The number of nitrogens with zero attached hydrogens (tertiary/aromatic N) is 1. The van der Waals surface area contributed by atoms with Crippen LogP contribution in [0, 0.1) is 17.2 Å². The van der Waals surface area contributed by atoms with E-state index in [-0.39, 0.29) is 5.92 Å². The molecule has 1 amide bonds. The van der Waals surface area contributed by atoms with Gasteiger partial charge in [-0.05, 0) is 31.0 Å². The molecule has 0 aromatic heterocycles. The van der Waals surface area contributed by atoms with Crippen molar-refractivity contribution in [3.8, 4) is 11.8 Å². The van der Waals surface area contributed by atoms with Gasteiger partial charge < -0.3 is 14.8 Å². The Labute approximate surface area is 130 Å². The highest BCUT2D eigenvalue weighted by molar-refractivity contribution is 5.91. The first-order valence-corrected chi connectivity index (χ1v) is 6.86. The number of nitrogens with one attached hydrogen (secondary N) is 1. The molecular formula is C16H20N2O4. The van der Waals surface area contributed by atoms with E-state index in [2.05, 4.69) is 11.4 Å². The predicted molar refractivity (Wildman–Crippen MR) is 80.3 cm³/mol. The molecule has 0 aliphatic rings. The van der Waals surface area contributed by atoms with E-state index in [1.54, 1.807) is 25.1 Å². The van der Waals surface area contributed by atoms with Crippen LogP contribution in [0.2, 0.25) is 0 Å². The van der Waals surface area contributed by atoms with E-state index in [0.29, 0.717) is 11.3 Å². The van der Waals surface area contributed by atoms with Crippen LogP contribution in [0.15, 0.2) is 24.3 Å². The molecule has 0 saturated heterocycles. The first kappa shape index (κ1) is 17.5. The minimum atomic E-state index is -1.00. The summed E-state index contributed by atoms with van der Waals surface area (Å²) < 4.78 is 9.96. The molecule has 0 aliphatic heterocycles. The third kappa shape index (κ3) is 4.48. The summed E-state index contributed by atoms with van der Waals surface area (Å²) in [6.07, 6.45) is 0. The molecule has 118 valence electrons. The highest BCUT2D eigenvalue weighted by atomic mass is 16.5. The number of amides is 1. The summed E-state index contributed by atoms with van der Waals surface area (Å²) >= 11 is 0. The highest BCUT2D eigenvalue weighted by Gasteiger charge is 2.30. The van der Waals surface area contributed by atoms with Crippen LogP contribution in [0.1, 0.15) is 31.1 Å². The number of hydrogen-bond donors (Lipinski definition) is 1. The Morgan fingerprint density at radius 1 is 1.41 bits per heavy atom. The molecule has 0 spiro atoms. The van der Waals surface area contributed by atoms with Crippen LogP contribution in [0.3, 0.4) is 0 Å². The summed E-state index contributed by atoms with van der Waals surface area (Å²) in [6, 6.07) is 8.49. The monoisotopic (exact) mass is 304 g/mol. The van der Waals surface area contributed by atoms with Gasteiger partial charge in [0.25, 0.3) is 5.91 Å². The molecule has 1 N–H and O–H groups in total. The van der Waals surface area contributed by atoms with Gasteiger partial charge in [0.05, 0.1) is 18.7 Å². The van der Waals surface area contributed by atoms with Gasteiger partial charge in [-0.3, -0.25) is 4.79 Å². The Balaban J connectivity index is 2.60. The van der Waals surface area contributed by atoms with E-state index in [4.69, 9.17) is 14.7 Å². The second-order valence-corrected chi connectivity index (χ2v) is 5.33. The maximum Gasteiger partial charge on any atom is 0.338 e. The molecule has 22 heavy (non-hydrogen) atoms. The second-order valence-electron chi connectivity index (χ2n) is 5.33. The predicted octanol–water partition coefficient (Wildman–Crippen LogP) is 1.91. The molecule has 0 radical (unpaired) electrons. The van der Waals surface area contributed by atoms with Crippen molar-refractivity contribution >= 4 is 11.9 Å². The van der Waals surface area contributed by atoms with Gasteiger partial charge in [0.2, 0.25) is 0 Å². The van der Waals surface area contributed by atoms with E-state index < -0.39 is 24.0 Å². The third-order valence-electron chi connectivity index (χ3n) is 3.43. The first-order chi connectivity index (χ1) is 10.3. The molecule has 1 atom stereocenters. The summed E-state index contributed by atoms with van der Waals surface area (Å²) in [6.45, 7) is 4.83. The number of nitriles is 1. The topological polar surface area (TPSA) is 88.4 Å². The molecule has 0 bridgehead atoms. The van der Waals surface area contributed by atoms with Crippen LogP contribution in [0.25, 0.3) is 0 Å². The molecule has 0 unspecified atom stereocenters. The summed E-state index contributed by atoms with van der Waals surface area (Å²) in [4.78, 5) is 23.7. The van der Waals surface area contributed by atoms with Crippen molar-refractivity contribution in [2.75, 3.05) is 13.7 Å². The van der Waals surface area contributed by atoms with Gasteiger partial charge in [-0.2, -0.15) is 5.26 Å². The maximum absolute atomic E-state index is 11.9. The van der Waals surface area contributed by atoms with Crippen molar-refractivity contribution in [2.24, 2.45) is 5.92 Å². The minimum absolute atomic E-state index is 0.0736. The zero-order chi connectivity index (χ0) is 16.8. The van der Waals surface area contributed by atoms with E-state index in [1.807, 2.05) is 13.8 Å². The van der Waals surface area contributed by atoms with Gasteiger partial charge in [0.1, 0.15) is 11.3 Å². The fourth-order valence-electron chi connectivity index (χ4n) is 1.59. The third-order valence-corrected chi connectivity index (χ3v) is 3.43. The summed E-state index contributed by atoms with van der Waals surface area (Å²) in [7, 11) is 1.49. The zero-order valence-corrected chi connectivity index (χ0v) is 13.2. The van der Waals surface area contributed by atoms with E-state index in [0.717, 1.165) is 0 Å². The number of benzene rings is 1. The first-order valence-electron chi connectivity index (χ1n) is 6.86. The number of carbonyl (C=O) groups is 2. The molecule has 0 fully saturated rings. The van der Waals surface area contributed by atoms with Crippen LogP contribution in [0.5, 0.6) is 5.75 Å². The number of methoxy groups -OCH3 is 1. The van der Waals surface area contributed by atoms with E-state index in [1.165, 1.54) is 13.2 Å². The minimum Gasteiger partial charge on any atom is -0.497 e. The van der Waals surface area contributed by atoms with Crippen molar-refractivity contribution in [1.29, 1.82) is 5.26 Å². The Morgan fingerprint density at radius 3 is 2.64 bits per heavy atom. The Kier molecular flexibility index (Phi) is 5.93. The normalized spacial score (nSPS) is 12.9. The van der Waals surface area contributed by atoms with Gasteiger partial charge in [0.15, 0.2) is 6.61 Å². The number of hydrogen-bond acceptors (Lipinski definition) is 5. The van der Waals surface area contributed by atoms with Crippen molar-refractivity contribution < 1.29 is 19.1 Å². The van der Waals surface area contributed by atoms with Gasteiger partial charge >= 0.3 is 5.97 Å². The van der Waals surface area contributed by atoms with Crippen molar-refractivity contribution in [2.45, 2.75) is 26.3 Å². The Morgan fingerprint density at radius 2 is 2.09 bits per heavy atom. The quantitative estimate of drug-likeness (QED) is 0.811. The van der Waals surface area contributed by atoms with Crippen LogP contribution in [-0.4, -0.2) is 31.1 Å². The van der Waals surface area contributed by atoms with Crippen molar-refractivity contribution in [3.63, 3.8) is 0 Å². The summed E-state index contributed by atoms with van der Waals surface area (Å²) in [5.41, 5.74) is -0.710. The lowest BCUT2D eigenvalue weighted by atomic mass is 9.90. The molecule has 6 heteroatoms. The smallest absolute Gasteiger partial charge is 0.338 e.